The van der Waals surface area contributed by atoms with Gasteiger partial charge in [-0.1, -0.05) is 11.6 Å². The minimum atomic E-state index is -0.666. The number of nitrogens with zero attached hydrogens (tertiary/aromatic N) is 2. The average molecular weight is 347 g/mol. The third kappa shape index (κ3) is 2.59. The average Bonchev–Trinajstić information content (AvgIpc) is 2.50. The lowest BCUT2D eigenvalue weighted by atomic mass is 9.90. The lowest BCUT2D eigenvalue weighted by Crippen LogP contribution is -2.36. The summed E-state index contributed by atoms with van der Waals surface area (Å²) >= 11 is 6.04. The van der Waals surface area contributed by atoms with Crippen LogP contribution >= 0.6 is 11.6 Å². The van der Waals surface area contributed by atoms with E-state index in [1.165, 1.54) is 35.0 Å². The molecule has 1 aromatic carbocycles. The van der Waals surface area contributed by atoms with Crippen molar-refractivity contribution < 1.29 is 9.66 Å². The van der Waals surface area contributed by atoms with Crippen LogP contribution in [0.4, 0.5) is 5.69 Å². The maximum absolute atomic E-state index is 12.4. The van der Waals surface area contributed by atoms with Crippen LogP contribution in [0, 0.1) is 10.1 Å². The van der Waals surface area contributed by atoms with Gasteiger partial charge in [-0.05, 0) is 38.5 Å². The van der Waals surface area contributed by atoms with E-state index in [-0.39, 0.29) is 11.2 Å². The predicted octanol–water partition coefficient (Wildman–Crippen LogP) is 3.86. The zero-order chi connectivity index (χ0) is 17.6. The molecule has 0 radical (unpaired) electrons. The van der Waals surface area contributed by atoms with Gasteiger partial charge in [-0.2, -0.15) is 0 Å². The first-order valence-electron chi connectivity index (χ1n) is 7.28. The number of rotatable bonds is 2. The standard InChI is InChI=1S/C17H15ClN2O4/c1-10-16(19-9-11(18)4-7-15(19)21)13-8-12(20(22)23)5-6-14(13)24-17(10,2)3/h4-9H,1-3H3. The minimum Gasteiger partial charge on any atom is -0.483 e. The normalized spacial score (nSPS) is 15.7. The van der Waals surface area contributed by atoms with Crippen molar-refractivity contribution in [3.05, 3.63) is 73.2 Å². The van der Waals surface area contributed by atoms with Crippen molar-refractivity contribution in [2.75, 3.05) is 0 Å². The van der Waals surface area contributed by atoms with E-state index in [2.05, 4.69) is 0 Å². The number of fused-ring (bicyclic) bond motifs is 1. The van der Waals surface area contributed by atoms with Crippen LogP contribution < -0.4 is 10.3 Å². The van der Waals surface area contributed by atoms with Gasteiger partial charge in [0.1, 0.15) is 11.4 Å². The van der Waals surface area contributed by atoms with Crippen LogP contribution in [-0.4, -0.2) is 15.1 Å². The summed E-state index contributed by atoms with van der Waals surface area (Å²) in [6.45, 7) is 5.59. The van der Waals surface area contributed by atoms with Crippen LogP contribution in [-0.2, 0) is 0 Å². The molecule has 124 valence electrons. The van der Waals surface area contributed by atoms with Crippen molar-refractivity contribution in [3.8, 4) is 5.75 Å². The number of aromatic nitrogens is 1. The van der Waals surface area contributed by atoms with Crippen molar-refractivity contribution in [1.82, 2.24) is 4.57 Å². The zero-order valence-corrected chi connectivity index (χ0v) is 14.1. The molecule has 6 nitrogen and oxygen atoms in total. The second-order valence-corrected chi connectivity index (χ2v) is 6.52. The minimum absolute atomic E-state index is 0.0718. The van der Waals surface area contributed by atoms with Crippen molar-refractivity contribution in [2.45, 2.75) is 26.4 Å². The molecule has 3 rings (SSSR count). The molecule has 0 bridgehead atoms. The predicted molar refractivity (Wildman–Crippen MR) is 91.5 cm³/mol. The Kier molecular flexibility index (Phi) is 3.72. The fraction of sp³-hybridized carbons (Fsp3) is 0.235. The lowest BCUT2D eigenvalue weighted by Gasteiger charge is -2.35. The van der Waals surface area contributed by atoms with Gasteiger partial charge in [-0.15, -0.1) is 0 Å². The maximum atomic E-state index is 12.4. The monoisotopic (exact) mass is 346 g/mol. The molecule has 0 amide bonds. The van der Waals surface area contributed by atoms with Crippen molar-refractivity contribution in [2.24, 2.45) is 0 Å². The molecule has 2 aromatic rings. The molecule has 0 aliphatic carbocycles. The number of benzene rings is 1. The van der Waals surface area contributed by atoms with Gasteiger partial charge >= 0.3 is 0 Å². The molecule has 1 aliphatic rings. The molecule has 1 aromatic heterocycles. The van der Waals surface area contributed by atoms with Gasteiger partial charge in [-0.3, -0.25) is 19.5 Å². The Morgan fingerprint density at radius 1 is 1.25 bits per heavy atom. The van der Waals surface area contributed by atoms with Gasteiger partial charge in [0.2, 0.25) is 0 Å². The highest BCUT2D eigenvalue weighted by Crippen LogP contribution is 2.42. The van der Waals surface area contributed by atoms with Gasteiger partial charge in [0.25, 0.3) is 11.2 Å². The van der Waals surface area contributed by atoms with Gasteiger partial charge in [-0.25, -0.2) is 0 Å². The molecule has 0 spiro atoms. The first-order valence-corrected chi connectivity index (χ1v) is 7.66. The Morgan fingerprint density at radius 2 is 1.96 bits per heavy atom. The van der Waals surface area contributed by atoms with E-state index in [0.29, 0.717) is 22.0 Å². The summed E-state index contributed by atoms with van der Waals surface area (Å²) in [5, 5.41) is 11.5. The summed E-state index contributed by atoms with van der Waals surface area (Å²) in [5.41, 5.74) is 0.810. The van der Waals surface area contributed by atoms with Crippen LogP contribution in [0.1, 0.15) is 26.3 Å². The van der Waals surface area contributed by atoms with Crippen molar-refractivity contribution in [1.29, 1.82) is 0 Å². The quantitative estimate of drug-likeness (QED) is 0.611. The number of non-ortho nitro benzene ring substituents is 1. The number of halogens is 1. The fourth-order valence-corrected chi connectivity index (χ4v) is 2.85. The van der Waals surface area contributed by atoms with Crippen LogP contribution in [0.25, 0.3) is 5.70 Å². The molecule has 7 heteroatoms. The van der Waals surface area contributed by atoms with Crippen molar-refractivity contribution >= 4 is 23.0 Å². The summed E-state index contributed by atoms with van der Waals surface area (Å²) in [6, 6.07) is 7.22. The topological polar surface area (TPSA) is 74.4 Å². The highest BCUT2D eigenvalue weighted by Gasteiger charge is 2.34. The zero-order valence-electron chi connectivity index (χ0n) is 13.4. The molecule has 0 saturated heterocycles. The number of nitro groups is 1. The Labute approximate surface area is 143 Å². The smallest absolute Gasteiger partial charge is 0.270 e. The molecule has 1 aliphatic heterocycles. The highest BCUT2D eigenvalue weighted by molar-refractivity contribution is 6.30. The molecule has 2 heterocycles. The van der Waals surface area contributed by atoms with E-state index in [4.69, 9.17) is 16.3 Å². The van der Waals surface area contributed by atoms with E-state index in [1.807, 2.05) is 20.8 Å². The summed E-state index contributed by atoms with van der Waals surface area (Å²) in [7, 11) is 0. The van der Waals surface area contributed by atoms with E-state index in [9.17, 15) is 14.9 Å². The number of ether oxygens (including phenoxy) is 1. The number of pyridine rings is 1. The highest BCUT2D eigenvalue weighted by atomic mass is 35.5. The largest absolute Gasteiger partial charge is 0.483 e. The van der Waals surface area contributed by atoms with Crippen LogP contribution in [0.3, 0.4) is 0 Å². The van der Waals surface area contributed by atoms with Crippen molar-refractivity contribution in [3.63, 3.8) is 0 Å². The molecule has 0 fully saturated rings. The third-order valence-electron chi connectivity index (χ3n) is 4.17. The Hall–Kier alpha value is -2.60. The van der Waals surface area contributed by atoms with E-state index in [1.54, 1.807) is 6.07 Å². The lowest BCUT2D eigenvalue weighted by molar-refractivity contribution is -0.384. The molecule has 0 atom stereocenters. The molecule has 24 heavy (non-hydrogen) atoms. The Morgan fingerprint density at radius 3 is 2.62 bits per heavy atom. The number of hydrogen-bond donors (Lipinski definition) is 0. The summed E-state index contributed by atoms with van der Waals surface area (Å²) in [6.07, 6.45) is 1.51. The van der Waals surface area contributed by atoms with Gasteiger partial charge in [0.15, 0.2) is 0 Å². The van der Waals surface area contributed by atoms with Gasteiger partial charge < -0.3 is 4.74 Å². The van der Waals surface area contributed by atoms with Crippen LogP contribution in [0.15, 0.2) is 46.9 Å². The SMILES string of the molecule is CC1=C(n2cc(Cl)ccc2=O)c2cc([N+](=O)[O-])ccc2OC1(C)C. The third-order valence-corrected chi connectivity index (χ3v) is 4.39. The molecule has 0 saturated carbocycles. The Bertz CT molecular complexity index is 944. The fourth-order valence-electron chi connectivity index (χ4n) is 2.69. The van der Waals surface area contributed by atoms with Crippen LogP contribution in [0.5, 0.6) is 5.75 Å². The number of hydrogen-bond acceptors (Lipinski definition) is 4. The maximum Gasteiger partial charge on any atom is 0.270 e. The van der Waals surface area contributed by atoms with E-state index < -0.39 is 10.5 Å². The summed E-state index contributed by atoms with van der Waals surface area (Å²) < 4.78 is 7.37. The molecule has 0 unspecified atom stereocenters. The Balaban J connectivity index is 2.37. The van der Waals surface area contributed by atoms with Gasteiger partial charge in [0.05, 0.1) is 15.6 Å². The second-order valence-electron chi connectivity index (χ2n) is 6.08. The van der Waals surface area contributed by atoms with Crippen LogP contribution in [0.2, 0.25) is 5.02 Å². The van der Waals surface area contributed by atoms with E-state index >= 15 is 0 Å². The summed E-state index contributed by atoms with van der Waals surface area (Å²) in [5.74, 6) is 0.484. The van der Waals surface area contributed by atoms with E-state index in [0.717, 1.165) is 5.57 Å². The molecular weight excluding hydrogens is 332 g/mol. The van der Waals surface area contributed by atoms with Gasteiger partial charge in [0, 0.05) is 30.0 Å². The second kappa shape index (κ2) is 5.49. The molecule has 0 N–H and O–H groups in total. The number of nitro benzene ring substituents is 1. The summed E-state index contributed by atoms with van der Waals surface area (Å²) in [4.78, 5) is 23.0. The first kappa shape index (κ1) is 16.3. The molecular formula is C17H15ClN2O4. The first-order chi connectivity index (χ1) is 11.2.